The van der Waals surface area contributed by atoms with Crippen molar-refractivity contribution in [1.29, 1.82) is 0 Å². The highest BCUT2D eigenvalue weighted by atomic mass is 19.4. The first-order chi connectivity index (χ1) is 17.9. The van der Waals surface area contributed by atoms with Crippen molar-refractivity contribution >= 4 is 11.5 Å². The van der Waals surface area contributed by atoms with E-state index in [1.165, 1.54) is 24.6 Å². The van der Waals surface area contributed by atoms with Gasteiger partial charge in [0.25, 0.3) is 0 Å². The summed E-state index contributed by atoms with van der Waals surface area (Å²) < 4.78 is 45.5. The average Bonchev–Trinajstić information content (AvgIpc) is 3.56. The lowest BCUT2D eigenvalue weighted by Gasteiger charge is -2.29. The van der Waals surface area contributed by atoms with Gasteiger partial charge in [0.05, 0.1) is 11.4 Å². The number of piperidine rings is 1. The molecule has 0 amide bonds. The Morgan fingerprint density at radius 2 is 1.62 bits per heavy atom. The maximum absolute atomic E-state index is 12.7. The van der Waals surface area contributed by atoms with Crippen molar-refractivity contribution in [2.24, 2.45) is 0 Å². The van der Waals surface area contributed by atoms with Gasteiger partial charge in [-0.05, 0) is 49.6 Å². The van der Waals surface area contributed by atoms with E-state index < -0.39 is 6.36 Å². The SMILES string of the molecule is FC(F)(F)Oc1cccc(-c2ccn(-c3cc(N4CCCCC4)n4nc(-c5ccncc5)cc4n3)n2)c1. The van der Waals surface area contributed by atoms with Crippen LogP contribution in [-0.2, 0) is 0 Å². The first-order valence-electron chi connectivity index (χ1n) is 11.9. The lowest BCUT2D eigenvalue weighted by Crippen LogP contribution is -2.31. The third kappa shape index (κ3) is 4.84. The third-order valence-corrected chi connectivity index (χ3v) is 6.24. The molecular formula is C26H22F3N7O. The fourth-order valence-electron chi connectivity index (χ4n) is 4.53. The number of hydrogen-bond acceptors (Lipinski definition) is 6. The Balaban J connectivity index is 1.40. The van der Waals surface area contributed by atoms with Crippen LogP contribution in [0, 0.1) is 0 Å². The number of anilines is 1. The minimum atomic E-state index is -4.76. The van der Waals surface area contributed by atoms with Crippen LogP contribution >= 0.6 is 0 Å². The van der Waals surface area contributed by atoms with Gasteiger partial charge < -0.3 is 9.64 Å². The van der Waals surface area contributed by atoms with Crippen molar-refractivity contribution in [3.05, 3.63) is 73.2 Å². The molecule has 4 aromatic heterocycles. The molecule has 0 aliphatic carbocycles. The number of halogens is 3. The lowest BCUT2D eigenvalue weighted by atomic mass is 10.1. The molecule has 11 heteroatoms. The molecule has 0 atom stereocenters. The summed E-state index contributed by atoms with van der Waals surface area (Å²) in [6.45, 7) is 1.83. The molecule has 5 aromatic rings. The van der Waals surface area contributed by atoms with Crippen LogP contribution < -0.4 is 9.64 Å². The van der Waals surface area contributed by atoms with Gasteiger partial charge in [-0.2, -0.15) is 14.7 Å². The van der Waals surface area contributed by atoms with E-state index in [9.17, 15) is 13.2 Å². The van der Waals surface area contributed by atoms with E-state index in [0.717, 1.165) is 43.0 Å². The first-order valence-corrected chi connectivity index (χ1v) is 11.9. The molecule has 1 aliphatic heterocycles. The van der Waals surface area contributed by atoms with Crippen LogP contribution in [0.15, 0.2) is 73.2 Å². The van der Waals surface area contributed by atoms with Crippen LogP contribution in [-0.4, -0.2) is 48.8 Å². The van der Waals surface area contributed by atoms with Gasteiger partial charge in [-0.25, -0.2) is 9.67 Å². The van der Waals surface area contributed by atoms with E-state index in [2.05, 4.69) is 19.7 Å². The van der Waals surface area contributed by atoms with Gasteiger partial charge >= 0.3 is 6.36 Å². The monoisotopic (exact) mass is 505 g/mol. The molecule has 0 radical (unpaired) electrons. The van der Waals surface area contributed by atoms with Crippen LogP contribution in [0.25, 0.3) is 34.0 Å². The molecule has 0 N–H and O–H groups in total. The van der Waals surface area contributed by atoms with E-state index in [1.54, 1.807) is 35.4 Å². The molecule has 0 saturated carbocycles. The lowest BCUT2D eigenvalue weighted by molar-refractivity contribution is -0.274. The summed E-state index contributed by atoms with van der Waals surface area (Å²) in [6, 6.07) is 15.2. The second-order valence-electron chi connectivity index (χ2n) is 8.78. The van der Waals surface area contributed by atoms with Crippen LogP contribution in [0.2, 0.25) is 0 Å². The molecule has 6 rings (SSSR count). The number of aromatic nitrogens is 6. The highest BCUT2D eigenvalue weighted by Crippen LogP contribution is 2.29. The second kappa shape index (κ2) is 9.23. The summed E-state index contributed by atoms with van der Waals surface area (Å²) in [4.78, 5) is 11.2. The molecule has 5 heterocycles. The number of ether oxygens (including phenoxy) is 1. The summed E-state index contributed by atoms with van der Waals surface area (Å²) >= 11 is 0. The largest absolute Gasteiger partial charge is 0.573 e. The minimum Gasteiger partial charge on any atom is -0.406 e. The van der Waals surface area contributed by atoms with Gasteiger partial charge in [-0.3, -0.25) is 4.98 Å². The predicted octanol–water partition coefficient (Wildman–Crippen LogP) is 5.53. The Morgan fingerprint density at radius 1 is 0.811 bits per heavy atom. The molecule has 1 aromatic carbocycles. The van der Waals surface area contributed by atoms with Crippen molar-refractivity contribution < 1.29 is 17.9 Å². The molecule has 8 nitrogen and oxygen atoms in total. The average molecular weight is 506 g/mol. The summed E-state index contributed by atoms with van der Waals surface area (Å²) in [5, 5.41) is 9.44. The second-order valence-corrected chi connectivity index (χ2v) is 8.78. The van der Waals surface area contributed by atoms with E-state index in [1.807, 2.05) is 28.8 Å². The Bertz CT molecular complexity index is 1540. The Labute approximate surface area is 210 Å². The quantitative estimate of drug-likeness (QED) is 0.313. The summed E-state index contributed by atoms with van der Waals surface area (Å²) in [5.74, 6) is 1.20. The molecule has 0 unspecified atom stereocenters. The van der Waals surface area contributed by atoms with Crippen molar-refractivity contribution in [3.8, 4) is 34.1 Å². The maximum atomic E-state index is 12.7. The van der Waals surface area contributed by atoms with Crippen molar-refractivity contribution in [3.63, 3.8) is 0 Å². The number of fused-ring (bicyclic) bond motifs is 1. The number of benzene rings is 1. The molecule has 1 aliphatic rings. The fraction of sp³-hybridized carbons (Fsp3) is 0.231. The Kier molecular flexibility index (Phi) is 5.74. The van der Waals surface area contributed by atoms with Gasteiger partial charge in [0.2, 0.25) is 0 Å². The van der Waals surface area contributed by atoms with Crippen LogP contribution in [0.3, 0.4) is 0 Å². The Hall–Kier alpha value is -4.41. The van der Waals surface area contributed by atoms with Gasteiger partial charge in [-0.15, -0.1) is 13.2 Å². The van der Waals surface area contributed by atoms with Crippen molar-refractivity contribution in [1.82, 2.24) is 29.4 Å². The van der Waals surface area contributed by atoms with E-state index in [4.69, 9.17) is 10.1 Å². The van der Waals surface area contributed by atoms with E-state index in [0.29, 0.717) is 22.7 Å². The third-order valence-electron chi connectivity index (χ3n) is 6.24. The number of hydrogen-bond donors (Lipinski definition) is 0. The van der Waals surface area contributed by atoms with Gasteiger partial charge in [0.15, 0.2) is 11.5 Å². The summed E-state index contributed by atoms with van der Waals surface area (Å²) in [5.41, 5.74) is 3.39. The van der Waals surface area contributed by atoms with Gasteiger partial charge in [-0.1, -0.05) is 12.1 Å². The summed E-state index contributed by atoms with van der Waals surface area (Å²) in [7, 11) is 0. The highest BCUT2D eigenvalue weighted by Gasteiger charge is 2.31. The van der Waals surface area contributed by atoms with Gasteiger partial charge in [0, 0.05) is 54.9 Å². The number of pyridine rings is 1. The molecule has 1 saturated heterocycles. The number of alkyl halides is 3. The molecule has 1 fully saturated rings. The zero-order chi connectivity index (χ0) is 25.4. The highest BCUT2D eigenvalue weighted by molar-refractivity contribution is 5.67. The van der Waals surface area contributed by atoms with Gasteiger partial charge in [0.1, 0.15) is 11.6 Å². The normalized spacial score (nSPS) is 14.3. The van der Waals surface area contributed by atoms with Crippen LogP contribution in [0.4, 0.5) is 19.0 Å². The standard InChI is InChI=1S/C26H22F3N7O/c27-26(28,29)37-20-6-4-5-19(15-20)21-9-14-35(32-21)23-17-25(34-12-2-1-3-13-34)36-24(31-23)16-22(33-36)18-7-10-30-11-8-18/h4-11,14-17H,1-3,12-13H2. The zero-order valence-electron chi connectivity index (χ0n) is 19.6. The van der Waals surface area contributed by atoms with Crippen molar-refractivity contribution in [2.75, 3.05) is 18.0 Å². The van der Waals surface area contributed by atoms with Crippen LogP contribution in [0.1, 0.15) is 19.3 Å². The van der Waals surface area contributed by atoms with Crippen LogP contribution in [0.5, 0.6) is 5.75 Å². The number of rotatable bonds is 5. The predicted molar refractivity (Wildman–Crippen MR) is 132 cm³/mol. The smallest absolute Gasteiger partial charge is 0.406 e. The fourth-order valence-corrected chi connectivity index (χ4v) is 4.53. The molecular weight excluding hydrogens is 483 g/mol. The minimum absolute atomic E-state index is 0.297. The number of nitrogens with zero attached hydrogens (tertiary/aromatic N) is 7. The topological polar surface area (TPSA) is 73.4 Å². The molecule has 37 heavy (non-hydrogen) atoms. The molecule has 0 spiro atoms. The molecule has 188 valence electrons. The van der Waals surface area contributed by atoms with E-state index in [-0.39, 0.29) is 5.75 Å². The molecule has 0 bridgehead atoms. The zero-order valence-corrected chi connectivity index (χ0v) is 19.6. The first kappa shape index (κ1) is 23.0. The van der Waals surface area contributed by atoms with Crippen molar-refractivity contribution in [2.45, 2.75) is 25.6 Å². The Morgan fingerprint density at radius 3 is 2.41 bits per heavy atom. The van der Waals surface area contributed by atoms with E-state index >= 15 is 0 Å². The summed E-state index contributed by atoms with van der Waals surface area (Å²) in [6.07, 6.45) is 3.82. The maximum Gasteiger partial charge on any atom is 0.573 e.